The molecule has 150 valence electrons. The van der Waals surface area contributed by atoms with Crippen LogP contribution in [0.3, 0.4) is 0 Å². The SMILES string of the molecule is CSCCNC(=NCC(=O)N(C)C)NC(C)Cc1c(C)nn(C)c1C.I. The average Bonchev–Trinajstić information content (AvgIpc) is 2.78. The molecule has 0 aliphatic carbocycles. The molecule has 0 saturated heterocycles. The number of carbonyl (C=O) groups excluding carboxylic acids is 1. The molecule has 9 heteroatoms. The van der Waals surface area contributed by atoms with Crippen molar-refractivity contribution in [2.24, 2.45) is 12.0 Å². The number of amides is 1. The number of nitrogens with zero attached hydrogens (tertiary/aromatic N) is 4. The van der Waals surface area contributed by atoms with Gasteiger partial charge in [0.15, 0.2) is 5.96 Å². The van der Waals surface area contributed by atoms with Gasteiger partial charge in [-0.1, -0.05) is 0 Å². The van der Waals surface area contributed by atoms with Crippen LogP contribution in [-0.2, 0) is 18.3 Å². The normalized spacial score (nSPS) is 12.3. The molecule has 1 unspecified atom stereocenters. The molecule has 26 heavy (non-hydrogen) atoms. The molecule has 1 atom stereocenters. The van der Waals surface area contributed by atoms with Crippen LogP contribution in [0.15, 0.2) is 4.99 Å². The van der Waals surface area contributed by atoms with E-state index in [4.69, 9.17) is 0 Å². The van der Waals surface area contributed by atoms with E-state index in [9.17, 15) is 4.79 Å². The molecule has 1 rings (SSSR count). The van der Waals surface area contributed by atoms with Gasteiger partial charge in [-0.25, -0.2) is 4.99 Å². The van der Waals surface area contributed by atoms with Gasteiger partial charge in [-0.05, 0) is 39.0 Å². The quantitative estimate of drug-likeness (QED) is 0.248. The van der Waals surface area contributed by atoms with Gasteiger partial charge in [0.25, 0.3) is 0 Å². The van der Waals surface area contributed by atoms with Gasteiger partial charge < -0.3 is 15.5 Å². The Bertz CT molecular complexity index is 602. The fourth-order valence-corrected chi connectivity index (χ4v) is 2.72. The minimum atomic E-state index is -0.0161. The van der Waals surface area contributed by atoms with Crippen LogP contribution >= 0.6 is 35.7 Å². The third-order valence-corrected chi connectivity index (χ3v) is 4.63. The lowest BCUT2D eigenvalue weighted by atomic mass is 10.1. The van der Waals surface area contributed by atoms with E-state index < -0.39 is 0 Å². The van der Waals surface area contributed by atoms with Crippen molar-refractivity contribution < 1.29 is 4.79 Å². The number of aryl methyl sites for hydroxylation is 2. The van der Waals surface area contributed by atoms with E-state index >= 15 is 0 Å². The zero-order chi connectivity index (χ0) is 19.0. The Balaban J connectivity index is 0.00000625. The standard InChI is InChI=1S/C17H32N6OS.HI/c1-12(10-15-13(2)21-23(6)14(15)3)20-17(18-8-9-25-7)19-11-16(24)22(4)5;/h12H,8-11H2,1-7H3,(H2,18,19,20);1H. The minimum absolute atomic E-state index is 0. The second-order valence-electron chi connectivity index (χ2n) is 6.40. The Labute approximate surface area is 178 Å². The zero-order valence-electron chi connectivity index (χ0n) is 16.9. The Hall–Kier alpha value is -0.970. The Morgan fingerprint density at radius 2 is 2.04 bits per heavy atom. The summed E-state index contributed by atoms with van der Waals surface area (Å²) in [5.74, 6) is 1.64. The van der Waals surface area contributed by atoms with Crippen molar-refractivity contribution in [2.45, 2.75) is 33.2 Å². The molecule has 0 saturated carbocycles. The third kappa shape index (κ3) is 8.15. The number of likely N-dealkylation sites (N-methyl/N-ethyl adjacent to an activating group) is 1. The van der Waals surface area contributed by atoms with Crippen molar-refractivity contribution in [3.05, 3.63) is 17.0 Å². The van der Waals surface area contributed by atoms with Gasteiger partial charge in [0, 0.05) is 45.2 Å². The van der Waals surface area contributed by atoms with E-state index in [1.165, 1.54) is 11.3 Å². The molecule has 1 amide bonds. The van der Waals surface area contributed by atoms with Crippen molar-refractivity contribution in [1.82, 2.24) is 25.3 Å². The van der Waals surface area contributed by atoms with E-state index in [1.807, 2.05) is 18.7 Å². The largest absolute Gasteiger partial charge is 0.356 e. The Morgan fingerprint density at radius 1 is 1.38 bits per heavy atom. The van der Waals surface area contributed by atoms with Crippen molar-refractivity contribution >= 4 is 47.6 Å². The van der Waals surface area contributed by atoms with Crippen LogP contribution in [0.4, 0.5) is 0 Å². The van der Waals surface area contributed by atoms with E-state index in [-0.39, 0.29) is 42.5 Å². The second-order valence-corrected chi connectivity index (χ2v) is 7.38. The van der Waals surface area contributed by atoms with E-state index in [1.54, 1.807) is 30.8 Å². The topological polar surface area (TPSA) is 74.6 Å². The summed E-state index contributed by atoms with van der Waals surface area (Å²) >= 11 is 1.77. The molecule has 1 heterocycles. The lowest BCUT2D eigenvalue weighted by molar-refractivity contribution is -0.127. The smallest absolute Gasteiger partial charge is 0.243 e. The van der Waals surface area contributed by atoms with Crippen LogP contribution < -0.4 is 10.6 Å². The summed E-state index contributed by atoms with van der Waals surface area (Å²) in [7, 11) is 5.44. The zero-order valence-corrected chi connectivity index (χ0v) is 20.1. The fourth-order valence-electron chi connectivity index (χ4n) is 2.42. The van der Waals surface area contributed by atoms with Gasteiger partial charge in [-0.2, -0.15) is 16.9 Å². The van der Waals surface area contributed by atoms with Crippen molar-refractivity contribution in [2.75, 3.05) is 39.2 Å². The summed E-state index contributed by atoms with van der Waals surface area (Å²) in [5.41, 5.74) is 3.50. The van der Waals surface area contributed by atoms with E-state index in [2.05, 4.69) is 40.8 Å². The molecular weight excluding hydrogens is 463 g/mol. The number of hydrogen-bond donors (Lipinski definition) is 2. The molecule has 1 aromatic rings. The first-order valence-corrected chi connectivity index (χ1v) is 9.88. The molecule has 0 fully saturated rings. The minimum Gasteiger partial charge on any atom is -0.356 e. The number of rotatable bonds is 8. The Morgan fingerprint density at radius 3 is 2.54 bits per heavy atom. The monoisotopic (exact) mass is 496 g/mol. The van der Waals surface area contributed by atoms with Crippen LogP contribution in [0, 0.1) is 13.8 Å². The highest BCUT2D eigenvalue weighted by molar-refractivity contribution is 14.0. The molecule has 0 radical (unpaired) electrons. The van der Waals surface area contributed by atoms with Gasteiger partial charge in [0.1, 0.15) is 6.54 Å². The van der Waals surface area contributed by atoms with Gasteiger partial charge in [-0.15, -0.1) is 24.0 Å². The number of nitrogens with one attached hydrogen (secondary N) is 2. The maximum atomic E-state index is 11.8. The van der Waals surface area contributed by atoms with Crippen LogP contribution in [-0.4, -0.2) is 71.8 Å². The van der Waals surface area contributed by atoms with Gasteiger partial charge in [0.05, 0.1) is 5.69 Å². The molecule has 1 aromatic heterocycles. The lowest BCUT2D eigenvalue weighted by Crippen LogP contribution is -2.44. The van der Waals surface area contributed by atoms with Crippen LogP contribution in [0.1, 0.15) is 23.9 Å². The number of guanidine groups is 1. The predicted octanol–water partition coefficient (Wildman–Crippen LogP) is 1.57. The van der Waals surface area contributed by atoms with Gasteiger partial charge in [-0.3, -0.25) is 9.48 Å². The molecule has 7 nitrogen and oxygen atoms in total. The number of hydrogen-bond acceptors (Lipinski definition) is 4. The van der Waals surface area contributed by atoms with Gasteiger partial charge >= 0.3 is 0 Å². The fraction of sp³-hybridized carbons (Fsp3) is 0.706. The highest BCUT2D eigenvalue weighted by atomic mass is 127. The molecule has 0 aliphatic heterocycles. The molecule has 0 aliphatic rings. The predicted molar refractivity (Wildman–Crippen MR) is 122 cm³/mol. The number of carbonyl (C=O) groups is 1. The summed E-state index contributed by atoms with van der Waals surface area (Å²) in [6.45, 7) is 7.19. The highest BCUT2D eigenvalue weighted by Gasteiger charge is 2.14. The third-order valence-electron chi connectivity index (χ3n) is 4.02. The highest BCUT2D eigenvalue weighted by Crippen LogP contribution is 2.14. The summed E-state index contributed by atoms with van der Waals surface area (Å²) in [6.07, 6.45) is 2.93. The number of aromatic nitrogens is 2. The first kappa shape index (κ1) is 25.0. The summed E-state index contributed by atoms with van der Waals surface area (Å²) in [4.78, 5) is 17.8. The van der Waals surface area contributed by atoms with Crippen LogP contribution in [0.25, 0.3) is 0 Å². The molecular formula is C17H33IN6OS. The number of halogens is 1. The van der Waals surface area contributed by atoms with Crippen molar-refractivity contribution in [3.8, 4) is 0 Å². The summed E-state index contributed by atoms with van der Waals surface area (Å²) in [5, 5.41) is 11.2. The van der Waals surface area contributed by atoms with Crippen LogP contribution in [0.5, 0.6) is 0 Å². The van der Waals surface area contributed by atoms with E-state index in [0.717, 1.165) is 24.4 Å². The van der Waals surface area contributed by atoms with E-state index in [0.29, 0.717) is 5.96 Å². The van der Waals surface area contributed by atoms with Gasteiger partial charge in [0.2, 0.25) is 5.91 Å². The summed E-state index contributed by atoms with van der Waals surface area (Å²) in [6, 6.07) is 0.177. The Kier molecular flexibility index (Phi) is 12.0. The van der Waals surface area contributed by atoms with Crippen LogP contribution in [0.2, 0.25) is 0 Å². The maximum absolute atomic E-state index is 11.8. The van der Waals surface area contributed by atoms with Crippen molar-refractivity contribution in [3.63, 3.8) is 0 Å². The second kappa shape index (κ2) is 12.4. The summed E-state index contributed by atoms with van der Waals surface area (Å²) < 4.78 is 1.92. The number of aliphatic imine (C=N–C) groups is 1. The van der Waals surface area contributed by atoms with Crippen molar-refractivity contribution in [1.29, 1.82) is 0 Å². The lowest BCUT2D eigenvalue weighted by Gasteiger charge is -2.19. The first-order chi connectivity index (χ1) is 11.8. The molecule has 0 spiro atoms. The average molecular weight is 496 g/mol. The molecule has 2 N–H and O–H groups in total. The first-order valence-electron chi connectivity index (χ1n) is 8.49. The maximum Gasteiger partial charge on any atom is 0.243 e. The molecule has 0 bridgehead atoms. The molecule has 0 aromatic carbocycles. The number of thioether (sulfide) groups is 1.